The lowest BCUT2D eigenvalue weighted by molar-refractivity contribution is 0.102. The van der Waals surface area contributed by atoms with E-state index >= 15 is 0 Å². The summed E-state index contributed by atoms with van der Waals surface area (Å²) in [5.41, 5.74) is 0.649. The quantitative estimate of drug-likeness (QED) is 0.932. The molecule has 0 spiro atoms. The van der Waals surface area contributed by atoms with E-state index in [0.29, 0.717) is 17.0 Å². The Balaban J connectivity index is 2.21. The molecule has 0 unspecified atom stereocenters. The van der Waals surface area contributed by atoms with Crippen molar-refractivity contribution in [3.05, 3.63) is 59.4 Å². The van der Waals surface area contributed by atoms with Crippen molar-refractivity contribution in [2.24, 2.45) is 0 Å². The molecule has 2 aromatic rings. The third-order valence-corrected chi connectivity index (χ3v) is 2.68. The Morgan fingerprint density at radius 2 is 2.10 bits per heavy atom. The van der Waals surface area contributed by atoms with Gasteiger partial charge in [-0.15, -0.1) is 0 Å². The molecule has 0 aliphatic heterocycles. The van der Waals surface area contributed by atoms with Crippen molar-refractivity contribution < 1.29 is 13.9 Å². The van der Waals surface area contributed by atoms with Gasteiger partial charge in [-0.25, -0.2) is 4.39 Å². The third-order valence-electron chi connectivity index (χ3n) is 2.68. The zero-order valence-electron chi connectivity index (χ0n) is 10.7. The van der Waals surface area contributed by atoms with Crippen LogP contribution in [0.2, 0.25) is 0 Å². The summed E-state index contributed by atoms with van der Waals surface area (Å²) in [5, 5.41) is 11.3. The summed E-state index contributed by atoms with van der Waals surface area (Å²) in [6.07, 6.45) is 0. The molecule has 0 bridgehead atoms. The maximum atomic E-state index is 13.2. The molecule has 20 heavy (non-hydrogen) atoms. The first kappa shape index (κ1) is 13.6. The van der Waals surface area contributed by atoms with Gasteiger partial charge in [0, 0.05) is 11.3 Å². The molecule has 0 heterocycles. The van der Waals surface area contributed by atoms with Crippen LogP contribution in [0.5, 0.6) is 5.75 Å². The van der Waals surface area contributed by atoms with Crippen molar-refractivity contribution in [2.75, 3.05) is 12.4 Å². The van der Waals surface area contributed by atoms with E-state index in [4.69, 9.17) is 10.00 Å². The van der Waals surface area contributed by atoms with Crippen LogP contribution in [0.4, 0.5) is 10.1 Å². The van der Waals surface area contributed by atoms with Crippen LogP contribution in [0.3, 0.4) is 0 Å². The number of rotatable bonds is 3. The van der Waals surface area contributed by atoms with E-state index in [9.17, 15) is 9.18 Å². The van der Waals surface area contributed by atoms with Gasteiger partial charge in [-0.05, 0) is 36.4 Å². The monoisotopic (exact) mass is 270 g/mol. The van der Waals surface area contributed by atoms with Crippen LogP contribution in [-0.4, -0.2) is 13.0 Å². The van der Waals surface area contributed by atoms with E-state index < -0.39 is 5.82 Å². The number of hydrogen-bond acceptors (Lipinski definition) is 3. The second-order valence-corrected chi connectivity index (χ2v) is 3.99. The zero-order chi connectivity index (χ0) is 14.5. The van der Waals surface area contributed by atoms with Crippen molar-refractivity contribution >= 4 is 11.6 Å². The number of halogens is 1. The van der Waals surface area contributed by atoms with Gasteiger partial charge in [-0.1, -0.05) is 6.07 Å². The summed E-state index contributed by atoms with van der Waals surface area (Å²) in [5.74, 6) is -0.416. The number of carbonyl (C=O) groups excluding carboxylic acids is 1. The van der Waals surface area contributed by atoms with Crippen LogP contribution in [0.1, 0.15) is 15.9 Å². The predicted octanol–water partition coefficient (Wildman–Crippen LogP) is 2.96. The van der Waals surface area contributed by atoms with E-state index in [2.05, 4.69) is 5.32 Å². The Hall–Kier alpha value is -2.87. The van der Waals surface area contributed by atoms with Gasteiger partial charge in [0.25, 0.3) is 5.91 Å². The lowest BCUT2D eigenvalue weighted by Gasteiger charge is -2.07. The minimum Gasteiger partial charge on any atom is -0.497 e. The van der Waals surface area contributed by atoms with Gasteiger partial charge in [0.15, 0.2) is 0 Å². The van der Waals surface area contributed by atoms with E-state index in [1.54, 1.807) is 30.3 Å². The molecule has 0 aliphatic rings. The largest absolute Gasteiger partial charge is 0.497 e. The Kier molecular flexibility index (Phi) is 3.96. The molecule has 100 valence electrons. The van der Waals surface area contributed by atoms with Gasteiger partial charge in [0.1, 0.15) is 17.6 Å². The fourth-order valence-corrected chi connectivity index (χ4v) is 1.66. The number of methoxy groups -OCH3 is 1. The normalized spacial score (nSPS) is 9.65. The average Bonchev–Trinajstić information content (AvgIpc) is 2.49. The molecule has 2 rings (SSSR count). The van der Waals surface area contributed by atoms with Gasteiger partial charge in [0.05, 0.1) is 12.7 Å². The molecule has 0 fully saturated rings. The highest BCUT2D eigenvalue weighted by atomic mass is 19.1. The summed E-state index contributed by atoms with van der Waals surface area (Å²) < 4.78 is 18.2. The third kappa shape index (κ3) is 2.93. The SMILES string of the molecule is COc1cccc(C(=O)Nc2ccc(F)c(C#N)c2)c1. The standard InChI is InChI=1S/C15H11FN2O2/c1-20-13-4-2-3-10(8-13)15(19)18-12-5-6-14(16)11(7-12)9-17/h2-8H,1H3,(H,18,19). The van der Waals surface area contributed by atoms with Crippen LogP contribution >= 0.6 is 0 Å². The average molecular weight is 270 g/mol. The number of carbonyl (C=O) groups is 1. The number of hydrogen-bond donors (Lipinski definition) is 1. The first-order chi connectivity index (χ1) is 9.63. The minimum absolute atomic E-state index is 0.117. The Morgan fingerprint density at radius 1 is 1.30 bits per heavy atom. The van der Waals surface area contributed by atoms with Crippen LogP contribution in [-0.2, 0) is 0 Å². The first-order valence-corrected chi connectivity index (χ1v) is 5.79. The molecule has 2 aromatic carbocycles. The maximum absolute atomic E-state index is 13.2. The van der Waals surface area contributed by atoms with Gasteiger partial charge in [-0.3, -0.25) is 4.79 Å². The van der Waals surface area contributed by atoms with E-state index in [1.807, 2.05) is 0 Å². The Morgan fingerprint density at radius 3 is 2.80 bits per heavy atom. The Labute approximate surface area is 115 Å². The van der Waals surface area contributed by atoms with E-state index in [1.165, 1.54) is 19.2 Å². The molecule has 0 aliphatic carbocycles. The minimum atomic E-state index is -0.619. The topological polar surface area (TPSA) is 62.1 Å². The number of amides is 1. The molecule has 0 atom stereocenters. The highest BCUT2D eigenvalue weighted by Gasteiger charge is 2.09. The molecule has 4 nitrogen and oxygen atoms in total. The van der Waals surface area contributed by atoms with Crippen molar-refractivity contribution in [3.63, 3.8) is 0 Å². The summed E-state index contributed by atoms with van der Waals surface area (Å²) in [7, 11) is 1.51. The molecular weight excluding hydrogens is 259 g/mol. The van der Waals surface area contributed by atoms with Crippen LogP contribution in [0, 0.1) is 17.1 Å². The number of ether oxygens (including phenoxy) is 1. The van der Waals surface area contributed by atoms with Crippen LogP contribution in [0.25, 0.3) is 0 Å². The smallest absolute Gasteiger partial charge is 0.255 e. The number of nitriles is 1. The fraction of sp³-hybridized carbons (Fsp3) is 0.0667. The van der Waals surface area contributed by atoms with Crippen molar-refractivity contribution in [3.8, 4) is 11.8 Å². The molecule has 1 N–H and O–H groups in total. The highest BCUT2D eigenvalue weighted by Crippen LogP contribution is 2.17. The summed E-state index contributed by atoms with van der Waals surface area (Å²) in [6, 6.07) is 12.2. The number of nitrogens with one attached hydrogen (secondary N) is 1. The van der Waals surface area contributed by atoms with Crippen LogP contribution < -0.4 is 10.1 Å². The summed E-state index contributed by atoms with van der Waals surface area (Å²) >= 11 is 0. The van der Waals surface area contributed by atoms with Gasteiger partial charge in [0.2, 0.25) is 0 Å². The molecule has 5 heteroatoms. The van der Waals surface area contributed by atoms with Gasteiger partial charge >= 0.3 is 0 Å². The van der Waals surface area contributed by atoms with Crippen molar-refractivity contribution in [2.45, 2.75) is 0 Å². The van der Waals surface area contributed by atoms with E-state index in [0.717, 1.165) is 6.07 Å². The molecule has 0 aromatic heterocycles. The highest BCUT2D eigenvalue weighted by molar-refractivity contribution is 6.04. The van der Waals surface area contributed by atoms with Crippen molar-refractivity contribution in [1.29, 1.82) is 5.26 Å². The van der Waals surface area contributed by atoms with Crippen molar-refractivity contribution in [1.82, 2.24) is 0 Å². The molecular formula is C15H11FN2O2. The van der Waals surface area contributed by atoms with Gasteiger partial charge < -0.3 is 10.1 Å². The molecule has 1 amide bonds. The number of anilines is 1. The molecule has 0 saturated heterocycles. The summed E-state index contributed by atoms with van der Waals surface area (Å²) in [6.45, 7) is 0. The fourth-order valence-electron chi connectivity index (χ4n) is 1.66. The van der Waals surface area contributed by atoms with E-state index in [-0.39, 0.29) is 11.5 Å². The number of nitrogens with zero attached hydrogens (tertiary/aromatic N) is 1. The maximum Gasteiger partial charge on any atom is 0.255 e. The first-order valence-electron chi connectivity index (χ1n) is 5.79. The lowest BCUT2D eigenvalue weighted by Crippen LogP contribution is -2.12. The van der Waals surface area contributed by atoms with Gasteiger partial charge in [-0.2, -0.15) is 5.26 Å². The Bertz CT molecular complexity index is 693. The second-order valence-electron chi connectivity index (χ2n) is 3.99. The lowest BCUT2D eigenvalue weighted by atomic mass is 10.1. The second kappa shape index (κ2) is 5.85. The zero-order valence-corrected chi connectivity index (χ0v) is 10.7. The van der Waals surface area contributed by atoms with Crippen LogP contribution in [0.15, 0.2) is 42.5 Å². The molecule has 0 radical (unpaired) electrons. The number of benzene rings is 2. The predicted molar refractivity (Wildman–Crippen MR) is 72.1 cm³/mol. The summed E-state index contributed by atoms with van der Waals surface area (Å²) in [4.78, 5) is 12.0. The molecule has 0 saturated carbocycles.